The molecule has 1 fully saturated rings. The van der Waals surface area contributed by atoms with E-state index >= 15 is 0 Å². The average molecular weight is 487 g/mol. The fourth-order valence-corrected chi connectivity index (χ4v) is 3.98. The second kappa shape index (κ2) is 8.13. The number of hydrogen-bond donors (Lipinski definition) is 2. The van der Waals surface area contributed by atoms with Gasteiger partial charge in [-0.1, -0.05) is 0 Å². The van der Waals surface area contributed by atoms with Crippen LogP contribution < -0.4 is 11.1 Å². The number of anilines is 1. The first-order valence-corrected chi connectivity index (χ1v) is 10.2. The Kier molecular flexibility index (Phi) is 6.04. The number of amides is 1. The van der Waals surface area contributed by atoms with Crippen molar-refractivity contribution >= 4 is 45.5 Å². The molecule has 1 aliphatic heterocycles. The molecular weight excluding hydrogens is 461 g/mol. The first-order valence-electron chi connectivity index (χ1n) is 9.08. The quantitative estimate of drug-likeness (QED) is 0.636. The molecule has 3 N–H and O–H groups in total. The van der Waals surface area contributed by atoms with Gasteiger partial charge in [0.2, 0.25) is 0 Å². The van der Waals surface area contributed by atoms with Gasteiger partial charge in [0, 0.05) is 26.2 Å². The van der Waals surface area contributed by atoms with Crippen molar-refractivity contribution in [2.45, 2.75) is 45.3 Å². The number of ether oxygens (including phenoxy) is 1. The monoisotopic (exact) mass is 487 g/mol. The van der Waals surface area contributed by atoms with Crippen molar-refractivity contribution in [1.29, 1.82) is 0 Å². The van der Waals surface area contributed by atoms with Gasteiger partial charge < -0.3 is 20.7 Å². The van der Waals surface area contributed by atoms with Crippen LogP contribution >= 0.6 is 22.6 Å². The normalized spacial score (nSPS) is 16.6. The van der Waals surface area contributed by atoms with Crippen molar-refractivity contribution in [3.05, 3.63) is 10.0 Å². The Morgan fingerprint density at radius 3 is 2.74 bits per heavy atom. The van der Waals surface area contributed by atoms with Crippen LogP contribution in [0.15, 0.2) is 6.33 Å². The van der Waals surface area contributed by atoms with E-state index in [-0.39, 0.29) is 6.09 Å². The molecule has 1 amide bonds. The summed E-state index contributed by atoms with van der Waals surface area (Å²) in [7, 11) is 0. The number of nitrogens with one attached hydrogen (secondary N) is 1. The summed E-state index contributed by atoms with van der Waals surface area (Å²) < 4.78 is 8.08. The largest absolute Gasteiger partial charge is 0.444 e. The fourth-order valence-electron chi connectivity index (χ4n) is 3.23. The first kappa shape index (κ1) is 20.1. The van der Waals surface area contributed by atoms with E-state index in [4.69, 9.17) is 10.5 Å². The molecule has 0 bridgehead atoms. The number of carbonyl (C=O) groups is 1. The van der Waals surface area contributed by atoms with Crippen LogP contribution in [0.5, 0.6) is 0 Å². The molecule has 0 spiro atoms. The van der Waals surface area contributed by atoms with Crippen LogP contribution in [-0.2, 0) is 4.74 Å². The van der Waals surface area contributed by atoms with Crippen LogP contribution in [0.3, 0.4) is 0 Å². The molecule has 27 heavy (non-hydrogen) atoms. The summed E-state index contributed by atoms with van der Waals surface area (Å²) in [5.41, 5.74) is 6.31. The molecule has 10 heteroatoms. The van der Waals surface area contributed by atoms with Crippen molar-refractivity contribution in [3.63, 3.8) is 0 Å². The lowest BCUT2D eigenvalue weighted by atomic mass is 10.1. The van der Waals surface area contributed by atoms with Crippen LogP contribution in [0.4, 0.5) is 10.6 Å². The summed E-state index contributed by atoms with van der Waals surface area (Å²) in [6.45, 7) is 8.84. The lowest BCUT2D eigenvalue weighted by Gasteiger charge is -2.32. The number of piperidine rings is 1. The van der Waals surface area contributed by atoms with E-state index in [1.165, 1.54) is 6.33 Å². The summed E-state index contributed by atoms with van der Waals surface area (Å²) in [5.74, 6) is 0.473. The third-order valence-electron chi connectivity index (χ3n) is 4.47. The van der Waals surface area contributed by atoms with Gasteiger partial charge in [-0.05, 0) is 56.2 Å². The van der Waals surface area contributed by atoms with E-state index in [0.717, 1.165) is 47.2 Å². The van der Waals surface area contributed by atoms with Crippen molar-refractivity contribution in [2.75, 3.05) is 31.9 Å². The maximum atomic E-state index is 11.7. The van der Waals surface area contributed by atoms with Crippen molar-refractivity contribution in [2.24, 2.45) is 0 Å². The van der Waals surface area contributed by atoms with Crippen molar-refractivity contribution < 1.29 is 9.53 Å². The smallest absolute Gasteiger partial charge is 0.407 e. The van der Waals surface area contributed by atoms with Crippen LogP contribution in [-0.4, -0.2) is 62.5 Å². The summed E-state index contributed by atoms with van der Waals surface area (Å²) in [4.78, 5) is 22.5. The highest BCUT2D eigenvalue weighted by atomic mass is 127. The number of nitrogens with two attached hydrogens (primary N) is 1. The highest BCUT2D eigenvalue weighted by Crippen LogP contribution is 2.29. The number of aromatic nitrogens is 4. The predicted octanol–water partition coefficient (Wildman–Crippen LogP) is 2.17. The van der Waals surface area contributed by atoms with Gasteiger partial charge in [-0.2, -0.15) is 5.10 Å². The number of halogens is 1. The van der Waals surface area contributed by atoms with E-state index in [1.54, 1.807) is 0 Å². The van der Waals surface area contributed by atoms with Gasteiger partial charge in [0.15, 0.2) is 5.65 Å². The molecule has 2 aromatic rings. The molecule has 0 atom stereocenters. The molecule has 0 saturated carbocycles. The molecule has 9 nitrogen and oxygen atoms in total. The van der Waals surface area contributed by atoms with Crippen LogP contribution in [0, 0.1) is 3.70 Å². The Balaban J connectivity index is 1.51. The van der Waals surface area contributed by atoms with Gasteiger partial charge in [-0.25, -0.2) is 19.4 Å². The highest BCUT2D eigenvalue weighted by molar-refractivity contribution is 14.1. The van der Waals surface area contributed by atoms with Gasteiger partial charge >= 0.3 is 6.09 Å². The minimum atomic E-state index is -0.473. The maximum absolute atomic E-state index is 11.7. The average Bonchev–Trinajstić information content (AvgIpc) is 2.92. The number of carbonyl (C=O) groups excluding carboxylic acids is 1. The van der Waals surface area contributed by atoms with Gasteiger partial charge in [-0.15, -0.1) is 0 Å². The third kappa shape index (κ3) is 4.98. The molecule has 0 unspecified atom stereocenters. The van der Waals surface area contributed by atoms with E-state index in [2.05, 4.69) is 47.9 Å². The SMILES string of the molecule is CC(C)(C)OC(=O)NCCN1CCC(n2nc(I)c3c(N)ncnc32)CC1. The Morgan fingerprint density at radius 2 is 2.07 bits per heavy atom. The van der Waals surface area contributed by atoms with Crippen molar-refractivity contribution in [3.8, 4) is 0 Å². The zero-order valence-corrected chi connectivity index (χ0v) is 18.1. The van der Waals surface area contributed by atoms with E-state index in [0.29, 0.717) is 18.4 Å². The number of nitrogen functional groups attached to an aromatic ring is 1. The predicted molar refractivity (Wildman–Crippen MR) is 111 cm³/mol. The minimum Gasteiger partial charge on any atom is -0.444 e. The molecule has 2 aromatic heterocycles. The molecule has 3 rings (SSSR count). The van der Waals surface area contributed by atoms with Crippen LogP contribution in [0.1, 0.15) is 39.7 Å². The molecular formula is C17H26IN7O2. The summed E-state index contributed by atoms with van der Waals surface area (Å²) in [6, 6.07) is 0.292. The molecule has 1 aliphatic rings. The second-order valence-electron chi connectivity index (χ2n) is 7.69. The zero-order valence-electron chi connectivity index (χ0n) is 15.9. The molecule has 0 radical (unpaired) electrons. The fraction of sp³-hybridized carbons (Fsp3) is 0.647. The molecule has 148 valence electrons. The lowest BCUT2D eigenvalue weighted by molar-refractivity contribution is 0.0519. The first-order chi connectivity index (χ1) is 12.7. The molecule has 0 aliphatic carbocycles. The van der Waals surface area contributed by atoms with Crippen LogP contribution in [0.25, 0.3) is 11.0 Å². The number of alkyl carbamates (subject to hydrolysis) is 1. The second-order valence-corrected chi connectivity index (χ2v) is 8.72. The minimum absolute atomic E-state index is 0.292. The Morgan fingerprint density at radius 1 is 1.37 bits per heavy atom. The number of rotatable bonds is 4. The standard InChI is InChI=1S/C17H26IN7O2/c1-17(2,3)27-16(26)20-6-9-24-7-4-11(5-8-24)25-15-12(13(18)23-25)14(19)21-10-22-15/h10-11H,4-9H2,1-3H3,(H,20,26)(H2,19,21,22). The number of hydrogen-bond acceptors (Lipinski definition) is 7. The molecule has 1 saturated heterocycles. The van der Waals surface area contributed by atoms with Gasteiger partial charge in [0.1, 0.15) is 21.4 Å². The third-order valence-corrected chi connectivity index (χ3v) is 5.23. The van der Waals surface area contributed by atoms with Gasteiger partial charge in [0.05, 0.1) is 11.4 Å². The van der Waals surface area contributed by atoms with E-state index in [1.807, 2.05) is 25.5 Å². The van der Waals surface area contributed by atoms with Crippen LogP contribution in [0.2, 0.25) is 0 Å². The lowest BCUT2D eigenvalue weighted by Crippen LogP contribution is -2.41. The maximum Gasteiger partial charge on any atom is 0.407 e. The summed E-state index contributed by atoms with van der Waals surface area (Å²) >= 11 is 2.18. The van der Waals surface area contributed by atoms with E-state index in [9.17, 15) is 4.79 Å². The highest BCUT2D eigenvalue weighted by Gasteiger charge is 2.25. The summed E-state index contributed by atoms with van der Waals surface area (Å²) in [5, 5.41) is 8.29. The van der Waals surface area contributed by atoms with Gasteiger partial charge in [0.25, 0.3) is 0 Å². The van der Waals surface area contributed by atoms with Gasteiger partial charge in [-0.3, -0.25) is 0 Å². The Labute approximate surface area is 172 Å². The summed E-state index contributed by atoms with van der Waals surface area (Å²) in [6.07, 6.45) is 3.07. The van der Waals surface area contributed by atoms with E-state index < -0.39 is 5.60 Å². The number of likely N-dealkylation sites (tertiary alicyclic amines) is 1. The Hall–Kier alpha value is -1.69. The topological polar surface area (TPSA) is 111 Å². The molecule has 0 aromatic carbocycles. The Bertz CT molecular complexity index is 809. The number of nitrogens with zero attached hydrogens (tertiary/aromatic N) is 5. The number of fused-ring (bicyclic) bond motifs is 1. The zero-order chi connectivity index (χ0) is 19.6. The van der Waals surface area contributed by atoms with Crippen molar-refractivity contribution in [1.82, 2.24) is 30.0 Å². The molecule has 3 heterocycles.